The molecular formula is C21H29N3O2. The third-order valence-corrected chi connectivity index (χ3v) is 3.99. The Kier molecular flexibility index (Phi) is 6.24. The van der Waals surface area contributed by atoms with Gasteiger partial charge in [-0.2, -0.15) is 5.10 Å². The van der Waals surface area contributed by atoms with Gasteiger partial charge in [-0.05, 0) is 47.1 Å². The number of aromatic amines is 1. The molecule has 1 amide bonds. The smallest absolute Gasteiger partial charge is 0.277 e. The van der Waals surface area contributed by atoms with Crippen molar-refractivity contribution in [3.8, 4) is 5.75 Å². The van der Waals surface area contributed by atoms with Crippen molar-refractivity contribution in [3.05, 3.63) is 53.9 Å². The minimum atomic E-state index is -0.301. The van der Waals surface area contributed by atoms with Gasteiger partial charge in [0.2, 0.25) is 0 Å². The van der Waals surface area contributed by atoms with E-state index in [0.717, 1.165) is 12.1 Å². The van der Waals surface area contributed by atoms with Crippen LogP contribution in [0.2, 0.25) is 0 Å². The fourth-order valence-corrected chi connectivity index (χ4v) is 3.21. The Balaban J connectivity index is 1.84. The van der Waals surface area contributed by atoms with Gasteiger partial charge in [0.15, 0.2) is 6.61 Å². The van der Waals surface area contributed by atoms with Gasteiger partial charge in [0.05, 0.1) is 11.9 Å². The number of nitrogens with one attached hydrogen (secondary N) is 2. The van der Waals surface area contributed by atoms with Crippen molar-refractivity contribution < 1.29 is 9.53 Å². The molecular weight excluding hydrogens is 326 g/mol. The van der Waals surface area contributed by atoms with Crippen LogP contribution in [0.15, 0.2) is 47.7 Å². The van der Waals surface area contributed by atoms with E-state index in [9.17, 15) is 4.79 Å². The average Bonchev–Trinajstić information content (AvgIpc) is 3.04. The normalized spacial score (nSPS) is 12.3. The number of carbonyl (C=O) groups excluding carboxylic acids is 1. The Morgan fingerprint density at radius 3 is 2.42 bits per heavy atom. The van der Waals surface area contributed by atoms with Crippen molar-refractivity contribution in [2.75, 3.05) is 6.61 Å². The summed E-state index contributed by atoms with van der Waals surface area (Å²) in [7, 11) is 0. The molecule has 0 saturated carbocycles. The second kappa shape index (κ2) is 8.21. The number of nitrogens with zero attached hydrogens (tertiary/aromatic N) is 1. The highest BCUT2D eigenvalue weighted by Crippen LogP contribution is 2.36. The number of H-pyrrole nitrogens is 1. The van der Waals surface area contributed by atoms with Crippen LogP contribution in [-0.2, 0) is 10.2 Å². The zero-order valence-corrected chi connectivity index (χ0v) is 16.3. The van der Waals surface area contributed by atoms with Crippen molar-refractivity contribution >= 4 is 12.1 Å². The predicted octanol–water partition coefficient (Wildman–Crippen LogP) is 4.26. The highest BCUT2D eigenvalue weighted by molar-refractivity contribution is 5.81. The number of hydrazone groups is 1. The van der Waals surface area contributed by atoms with Crippen LogP contribution >= 0.6 is 0 Å². The Morgan fingerprint density at radius 1 is 1.15 bits per heavy atom. The quantitative estimate of drug-likeness (QED) is 0.576. The number of ether oxygens (including phenoxy) is 1. The summed E-state index contributed by atoms with van der Waals surface area (Å²) in [5.41, 5.74) is 4.87. The van der Waals surface area contributed by atoms with E-state index in [0.29, 0.717) is 5.75 Å². The molecule has 0 aliphatic carbocycles. The van der Waals surface area contributed by atoms with Crippen LogP contribution in [-0.4, -0.2) is 23.7 Å². The topological polar surface area (TPSA) is 66.5 Å². The van der Waals surface area contributed by atoms with Crippen LogP contribution in [0.5, 0.6) is 5.75 Å². The van der Waals surface area contributed by atoms with E-state index in [1.165, 1.54) is 5.56 Å². The maximum absolute atomic E-state index is 11.8. The number of rotatable bonds is 7. The lowest BCUT2D eigenvalue weighted by Gasteiger charge is -2.33. The molecule has 0 spiro atoms. The van der Waals surface area contributed by atoms with Gasteiger partial charge in [-0.3, -0.25) is 4.79 Å². The second-order valence-electron chi connectivity index (χ2n) is 8.35. The molecule has 0 unspecified atom stereocenters. The molecule has 1 aromatic carbocycles. The number of carbonyl (C=O) groups is 1. The summed E-state index contributed by atoms with van der Waals surface area (Å²) in [4.78, 5) is 14.7. The first-order valence-corrected chi connectivity index (χ1v) is 8.84. The zero-order chi connectivity index (χ0) is 19.2. The van der Waals surface area contributed by atoms with Gasteiger partial charge >= 0.3 is 0 Å². The Bertz CT molecular complexity index is 724. The summed E-state index contributed by atoms with van der Waals surface area (Å²) < 4.78 is 5.53. The molecule has 1 aromatic heterocycles. The summed E-state index contributed by atoms with van der Waals surface area (Å²) in [5, 5.41) is 3.87. The molecule has 140 valence electrons. The highest BCUT2D eigenvalue weighted by Gasteiger charge is 2.27. The monoisotopic (exact) mass is 355 g/mol. The first kappa shape index (κ1) is 19.8. The molecule has 5 nitrogen and oxygen atoms in total. The summed E-state index contributed by atoms with van der Waals surface area (Å²) in [6.45, 7) is 11.2. The maximum Gasteiger partial charge on any atom is 0.277 e. The summed E-state index contributed by atoms with van der Waals surface area (Å²) in [6, 6.07) is 11.7. The van der Waals surface area contributed by atoms with Crippen LogP contribution in [0.25, 0.3) is 0 Å². The number of hydrogen-bond acceptors (Lipinski definition) is 3. The lowest BCUT2D eigenvalue weighted by Crippen LogP contribution is -2.25. The standard InChI is InChI=1S/C21H29N3O2/c1-20(2,3)15-21(4,5)16-8-10-18(11-9-16)26-14-19(25)24-23-13-17-7-6-12-22-17/h6-13,22H,14-15H2,1-5H3,(H,24,25)/b23-13-. The van der Waals surface area contributed by atoms with Gasteiger partial charge in [-0.15, -0.1) is 0 Å². The fraction of sp³-hybridized carbons (Fsp3) is 0.429. The van der Waals surface area contributed by atoms with Gasteiger partial charge < -0.3 is 9.72 Å². The molecule has 0 aliphatic heterocycles. The van der Waals surface area contributed by atoms with Crippen molar-refractivity contribution in [2.24, 2.45) is 10.5 Å². The molecule has 2 aromatic rings. The predicted molar refractivity (Wildman–Crippen MR) is 106 cm³/mol. The molecule has 26 heavy (non-hydrogen) atoms. The molecule has 0 radical (unpaired) electrons. The Labute approximate surface area is 155 Å². The minimum Gasteiger partial charge on any atom is -0.484 e. The number of hydrogen-bond donors (Lipinski definition) is 2. The van der Waals surface area contributed by atoms with Crippen molar-refractivity contribution in [3.63, 3.8) is 0 Å². The van der Waals surface area contributed by atoms with E-state index in [1.807, 2.05) is 24.3 Å². The lowest BCUT2D eigenvalue weighted by atomic mass is 9.72. The Hall–Kier alpha value is -2.56. The van der Waals surface area contributed by atoms with Gasteiger partial charge in [0.1, 0.15) is 5.75 Å². The summed E-state index contributed by atoms with van der Waals surface area (Å²) in [6.07, 6.45) is 4.42. The van der Waals surface area contributed by atoms with E-state index in [2.05, 4.69) is 62.3 Å². The third-order valence-electron chi connectivity index (χ3n) is 3.99. The first-order valence-electron chi connectivity index (χ1n) is 8.84. The van der Waals surface area contributed by atoms with E-state index in [1.54, 1.807) is 12.4 Å². The van der Waals surface area contributed by atoms with Crippen LogP contribution in [0.3, 0.4) is 0 Å². The van der Waals surface area contributed by atoms with Crippen molar-refractivity contribution in [1.82, 2.24) is 10.4 Å². The molecule has 2 N–H and O–H groups in total. The second-order valence-corrected chi connectivity index (χ2v) is 8.35. The highest BCUT2D eigenvalue weighted by atomic mass is 16.5. The molecule has 0 saturated heterocycles. The molecule has 0 bridgehead atoms. The van der Waals surface area contributed by atoms with E-state index < -0.39 is 0 Å². The zero-order valence-electron chi connectivity index (χ0n) is 16.3. The largest absolute Gasteiger partial charge is 0.484 e. The van der Waals surface area contributed by atoms with E-state index >= 15 is 0 Å². The van der Waals surface area contributed by atoms with Crippen LogP contribution in [0.4, 0.5) is 0 Å². The number of amides is 1. The van der Waals surface area contributed by atoms with E-state index in [4.69, 9.17) is 4.74 Å². The van der Waals surface area contributed by atoms with Gasteiger partial charge in [0.25, 0.3) is 5.91 Å². The van der Waals surface area contributed by atoms with Crippen LogP contribution in [0, 0.1) is 5.41 Å². The van der Waals surface area contributed by atoms with E-state index in [-0.39, 0.29) is 23.3 Å². The molecule has 0 aliphatic rings. The molecule has 1 heterocycles. The molecule has 0 fully saturated rings. The van der Waals surface area contributed by atoms with Gasteiger partial charge in [0, 0.05) is 6.20 Å². The third kappa shape index (κ3) is 6.39. The van der Waals surface area contributed by atoms with Gasteiger partial charge in [-0.25, -0.2) is 5.43 Å². The first-order chi connectivity index (χ1) is 12.2. The number of aromatic nitrogens is 1. The maximum atomic E-state index is 11.8. The molecule has 5 heteroatoms. The molecule has 0 atom stereocenters. The lowest BCUT2D eigenvalue weighted by molar-refractivity contribution is -0.123. The number of benzene rings is 1. The van der Waals surface area contributed by atoms with Crippen LogP contribution < -0.4 is 10.2 Å². The Morgan fingerprint density at radius 2 is 1.85 bits per heavy atom. The van der Waals surface area contributed by atoms with Crippen molar-refractivity contribution in [2.45, 2.75) is 46.5 Å². The summed E-state index contributed by atoms with van der Waals surface area (Å²) in [5.74, 6) is 0.369. The van der Waals surface area contributed by atoms with Crippen LogP contribution in [0.1, 0.15) is 52.3 Å². The van der Waals surface area contributed by atoms with Gasteiger partial charge in [-0.1, -0.05) is 46.8 Å². The fourth-order valence-electron chi connectivity index (χ4n) is 3.21. The SMILES string of the molecule is CC(C)(C)CC(C)(C)c1ccc(OCC(=O)N/N=C\c2ccc[nH]2)cc1. The summed E-state index contributed by atoms with van der Waals surface area (Å²) >= 11 is 0. The minimum absolute atomic E-state index is 0.0766. The van der Waals surface area contributed by atoms with Crippen molar-refractivity contribution in [1.29, 1.82) is 0 Å². The molecule has 2 rings (SSSR count). The average molecular weight is 355 g/mol.